The van der Waals surface area contributed by atoms with Crippen molar-refractivity contribution in [1.82, 2.24) is 4.72 Å². The molecule has 6 nitrogen and oxygen atoms in total. The molecule has 2 unspecified atom stereocenters. The summed E-state index contributed by atoms with van der Waals surface area (Å²) in [5, 5.41) is 10.2. The first-order chi connectivity index (χ1) is 25.3. The molecule has 6 aliphatic rings. The zero-order chi connectivity index (χ0) is 38.2. The molecule has 0 aliphatic heterocycles. The van der Waals surface area contributed by atoms with E-state index in [4.69, 9.17) is 32.5 Å². The van der Waals surface area contributed by atoms with Crippen molar-refractivity contribution < 1.29 is 23.1 Å². The molecule has 2 N–H and O–H groups in total. The molecule has 0 radical (unpaired) electrons. The number of unbranched alkanes of at least 4 members (excludes halogenated alkanes) is 1. The van der Waals surface area contributed by atoms with E-state index in [2.05, 4.69) is 62.8 Å². The van der Waals surface area contributed by atoms with Gasteiger partial charge >= 0.3 is 5.97 Å². The van der Waals surface area contributed by atoms with Crippen LogP contribution in [0.4, 0.5) is 0 Å². The maximum Gasteiger partial charge on any atom is 0.303 e. The average Bonchev–Trinajstić information content (AvgIpc) is 3.11. The van der Waals surface area contributed by atoms with E-state index in [1.165, 1.54) is 31.1 Å². The van der Waals surface area contributed by atoms with E-state index in [0.717, 1.165) is 72.6 Å². The standard InChI is InChI=1S/C25H33ClO2.C19H24ClNO3S/c1-25(2)20-16-19(11-7-9-18-10-8-12-21(26)15-18)22(23(25)17-20)13-5-3-4-6-14-24(27)28;1-19(2)14-11-17(19)16(7-9-22)18(12-14)21-25(23)24-10-8-13-3-5-15(20)6-4-13/h3,5,7-10,12,15,19-20,22-23H,4,6,11,13-14,16-17H2,1-2H3,(H,27,28);3-6,8-10,14,16-18,21H,7,11-12H2,1-2H3/b5-3-,9-7+;10-8+/t19-,20-,22+,23-;14-,16+,17+,18?,25?/m01/s1. The van der Waals surface area contributed by atoms with Gasteiger partial charge in [-0.15, -0.1) is 0 Å². The van der Waals surface area contributed by atoms with E-state index in [0.29, 0.717) is 28.7 Å². The molecule has 0 spiro atoms. The van der Waals surface area contributed by atoms with Crippen LogP contribution >= 0.6 is 23.2 Å². The van der Waals surface area contributed by atoms with Crippen molar-refractivity contribution >= 4 is 58.9 Å². The fourth-order valence-corrected chi connectivity index (χ4v) is 10.9. The summed E-state index contributed by atoms with van der Waals surface area (Å²) in [6.45, 7) is 9.46. The van der Waals surface area contributed by atoms with Gasteiger partial charge in [-0.3, -0.25) is 4.79 Å². The van der Waals surface area contributed by atoms with Gasteiger partial charge in [-0.25, -0.2) is 4.72 Å². The second-order valence-corrected chi connectivity index (χ2v) is 18.5. The Labute approximate surface area is 329 Å². The summed E-state index contributed by atoms with van der Waals surface area (Å²) >= 11 is 10.3. The van der Waals surface area contributed by atoms with Crippen molar-refractivity contribution in [2.45, 2.75) is 97.9 Å². The third kappa shape index (κ3) is 10.7. The molecule has 6 fully saturated rings. The number of carbonyl (C=O) groups is 2. The number of benzene rings is 2. The van der Waals surface area contributed by atoms with E-state index in [-0.39, 0.29) is 23.8 Å². The van der Waals surface area contributed by atoms with E-state index in [9.17, 15) is 13.8 Å². The average molecular weight is 783 g/mol. The van der Waals surface area contributed by atoms with Crippen LogP contribution < -0.4 is 4.72 Å². The van der Waals surface area contributed by atoms with Crippen molar-refractivity contribution in [2.75, 3.05) is 0 Å². The van der Waals surface area contributed by atoms with Crippen molar-refractivity contribution in [3.05, 3.63) is 94.2 Å². The minimum atomic E-state index is -1.62. The Balaban J connectivity index is 0.000000206. The first-order valence-corrected chi connectivity index (χ1v) is 21.1. The van der Waals surface area contributed by atoms with Crippen LogP contribution in [0, 0.1) is 52.3 Å². The normalized spacial score (nSPS) is 29.8. The van der Waals surface area contributed by atoms with Crippen LogP contribution in [0.5, 0.6) is 0 Å². The Morgan fingerprint density at radius 2 is 1.55 bits per heavy atom. The van der Waals surface area contributed by atoms with Gasteiger partial charge in [-0.05, 0) is 145 Å². The monoisotopic (exact) mass is 781 g/mol. The topological polar surface area (TPSA) is 92.7 Å². The number of allylic oxidation sites excluding steroid dienone is 3. The van der Waals surface area contributed by atoms with Gasteiger partial charge in [0.2, 0.25) is 0 Å². The highest BCUT2D eigenvalue weighted by Crippen LogP contribution is 2.64. The Kier molecular flexibility index (Phi) is 14.7. The second-order valence-electron chi connectivity index (χ2n) is 16.8. The third-order valence-electron chi connectivity index (χ3n) is 13.2. The minimum absolute atomic E-state index is 0.0618. The summed E-state index contributed by atoms with van der Waals surface area (Å²) in [6.07, 6.45) is 22.7. The predicted octanol–water partition coefficient (Wildman–Crippen LogP) is 11.4. The molecule has 8 rings (SSSR count). The van der Waals surface area contributed by atoms with Gasteiger partial charge in [0.25, 0.3) is 11.3 Å². The van der Waals surface area contributed by atoms with Crippen molar-refractivity contribution in [2.24, 2.45) is 52.3 Å². The van der Waals surface area contributed by atoms with Gasteiger partial charge < -0.3 is 14.1 Å². The van der Waals surface area contributed by atoms with Crippen LogP contribution in [0.25, 0.3) is 12.2 Å². The summed E-state index contributed by atoms with van der Waals surface area (Å²) in [7, 11) is 0. The number of carboxylic acids is 1. The van der Waals surface area contributed by atoms with Gasteiger partial charge in [-0.1, -0.05) is 99.5 Å². The van der Waals surface area contributed by atoms with Gasteiger partial charge in [0.15, 0.2) is 0 Å². The maximum atomic E-state index is 12.2. The van der Waals surface area contributed by atoms with Crippen LogP contribution in [0.2, 0.25) is 10.0 Å². The van der Waals surface area contributed by atoms with Crippen molar-refractivity contribution in [1.29, 1.82) is 0 Å². The zero-order valence-corrected chi connectivity index (χ0v) is 33.9. The number of carboxylic acid groups (broad SMARTS) is 1. The number of carbonyl (C=O) groups excluding carboxylic acids is 1. The molecule has 6 aliphatic carbocycles. The smallest absolute Gasteiger partial charge is 0.303 e. The minimum Gasteiger partial charge on any atom is -0.481 e. The molecule has 9 heteroatoms. The molecule has 288 valence electrons. The van der Waals surface area contributed by atoms with Crippen LogP contribution in [0.15, 0.2) is 73.0 Å². The fraction of sp³-hybridized carbons (Fsp3) is 0.545. The Bertz CT molecular complexity index is 1650. The van der Waals surface area contributed by atoms with Crippen LogP contribution in [-0.4, -0.2) is 27.6 Å². The Morgan fingerprint density at radius 3 is 2.21 bits per heavy atom. The lowest BCUT2D eigenvalue weighted by molar-refractivity contribution is -0.137. The predicted molar refractivity (Wildman–Crippen MR) is 218 cm³/mol. The molecule has 9 atom stereocenters. The molecule has 2 aromatic rings. The molecule has 4 bridgehead atoms. The van der Waals surface area contributed by atoms with Crippen LogP contribution in [0.1, 0.15) is 103 Å². The van der Waals surface area contributed by atoms with E-state index >= 15 is 0 Å². The largest absolute Gasteiger partial charge is 0.481 e. The lowest BCUT2D eigenvalue weighted by Gasteiger charge is -2.63. The van der Waals surface area contributed by atoms with Gasteiger partial charge in [-0.2, -0.15) is 4.21 Å². The highest BCUT2D eigenvalue weighted by Gasteiger charge is 2.58. The number of fused-ring (bicyclic) bond motifs is 4. The molecule has 0 amide bonds. The number of aldehydes is 1. The Morgan fingerprint density at radius 1 is 0.849 bits per heavy atom. The SMILES string of the molecule is CC1(C)[C@H]2CC(NS(=O)O/C=C/c3ccc(Cl)cc3)[C@@H](CC=O)[C@@H]1C2.CC1(C)[C@H]2C[C@H](C/C=C/c3cccc(Cl)c3)[C@@H](C/C=C\CCCC(=O)O)[C@@H]1C2. The number of aliphatic carboxylic acids is 1. The number of nitrogens with one attached hydrogen (secondary N) is 1. The molecule has 6 saturated carbocycles. The summed E-state index contributed by atoms with van der Waals surface area (Å²) in [4.78, 5) is 21.7. The first kappa shape index (κ1) is 41.5. The van der Waals surface area contributed by atoms with Gasteiger partial charge in [0.05, 0.1) is 0 Å². The molecule has 2 aromatic carbocycles. The quantitative estimate of drug-likeness (QED) is 0.0766. The van der Waals surface area contributed by atoms with Crippen LogP contribution in [0.3, 0.4) is 0 Å². The maximum absolute atomic E-state index is 12.2. The molecule has 0 heterocycles. The summed E-state index contributed by atoms with van der Waals surface area (Å²) < 4.78 is 20.5. The summed E-state index contributed by atoms with van der Waals surface area (Å²) in [5.74, 6) is 3.84. The summed E-state index contributed by atoms with van der Waals surface area (Å²) in [6, 6.07) is 15.4. The lowest BCUT2D eigenvalue weighted by atomic mass is 9.42. The van der Waals surface area contributed by atoms with E-state index in [1.807, 2.05) is 30.3 Å². The molecular formula is C44H57Cl2NO5S. The number of hydrogen-bond acceptors (Lipinski definition) is 4. The zero-order valence-electron chi connectivity index (χ0n) is 31.6. The van der Waals surface area contributed by atoms with E-state index < -0.39 is 17.2 Å². The third-order valence-corrected chi connectivity index (χ3v) is 14.5. The highest BCUT2D eigenvalue weighted by molar-refractivity contribution is 7.78. The highest BCUT2D eigenvalue weighted by atomic mass is 35.5. The Hall–Kier alpha value is -2.71. The summed E-state index contributed by atoms with van der Waals surface area (Å²) in [5.41, 5.74) is 2.85. The van der Waals surface area contributed by atoms with Gasteiger partial charge in [0, 0.05) is 28.9 Å². The van der Waals surface area contributed by atoms with E-state index in [1.54, 1.807) is 18.2 Å². The van der Waals surface area contributed by atoms with Crippen molar-refractivity contribution in [3.63, 3.8) is 0 Å². The molecule has 0 saturated heterocycles. The van der Waals surface area contributed by atoms with Crippen molar-refractivity contribution in [3.8, 4) is 0 Å². The number of hydrogen-bond donors (Lipinski definition) is 2. The number of halogens is 2. The molecule has 0 aromatic heterocycles. The molecule has 53 heavy (non-hydrogen) atoms. The first-order valence-electron chi connectivity index (χ1n) is 19.3. The van der Waals surface area contributed by atoms with Gasteiger partial charge in [0.1, 0.15) is 12.5 Å². The number of rotatable bonds is 16. The van der Waals surface area contributed by atoms with Crippen LogP contribution in [-0.2, 0) is 25.0 Å². The lowest BCUT2D eigenvalue weighted by Crippen LogP contribution is -2.61. The second kappa shape index (κ2) is 18.8. The fourth-order valence-electron chi connectivity index (χ4n) is 9.81. The molecular weight excluding hydrogens is 725 g/mol.